The fourth-order valence-electron chi connectivity index (χ4n) is 3.17. The first-order valence-electron chi connectivity index (χ1n) is 9.59. The lowest BCUT2D eigenvalue weighted by atomic mass is 9.85. The molecule has 0 aromatic carbocycles. The van der Waals surface area contributed by atoms with Gasteiger partial charge in [0.15, 0.2) is 0 Å². The molecule has 0 aliphatic carbocycles. The van der Waals surface area contributed by atoms with Crippen molar-refractivity contribution in [3.05, 3.63) is 6.42 Å². The van der Waals surface area contributed by atoms with Crippen LogP contribution in [0.15, 0.2) is 0 Å². The lowest BCUT2D eigenvalue weighted by Crippen LogP contribution is -2.08. The van der Waals surface area contributed by atoms with Gasteiger partial charge in [0.1, 0.15) is 0 Å². The van der Waals surface area contributed by atoms with E-state index in [1.807, 2.05) is 0 Å². The van der Waals surface area contributed by atoms with Crippen LogP contribution in [-0.4, -0.2) is 0 Å². The molecule has 0 aromatic rings. The highest BCUT2D eigenvalue weighted by molar-refractivity contribution is 4.81. The van der Waals surface area contributed by atoms with Gasteiger partial charge < -0.3 is 0 Å². The molecule has 0 N–H and O–H groups in total. The molecule has 20 heavy (non-hydrogen) atoms. The van der Waals surface area contributed by atoms with Crippen LogP contribution >= 0.6 is 0 Å². The van der Waals surface area contributed by atoms with Gasteiger partial charge in [-0.15, -0.1) is 0 Å². The van der Waals surface area contributed by atoms with Crippen LogP contribution in [0.5, 0.6) is 0 Å². The highest BCUT2D eigenvalue weighted by Gasteiger charge is 2.12. The van der Waals surface area contributed by atoms with Gasteiger partial charge in [-0.25, -0.2) is 0 Å². The molecular weight excluding hydrogens is 240 g/mol. The molecule has 0 aliphatic rings. The minimum absolute atomic E-state index is 0.832. The molecule has 0 fully saturated rings. The van der Waals surface area contributed by atoms with Crippen molar-refractivity contribution in [1.29, 1.82) is 0 Å². The van der Waals surface area contributed by atoms with E-state index in [-0.39, 0.29) is 0 Å². The van der Waals surface area contributed by atoms with Crippen molar-refractivity contribution in [2.45, 2.75) is 111 Å². The second kappa shape index (κ2) is 15.4. The van der Waals surface area contributed by atoms with Crippen molar-refractivity contribution in [1.82, 2.24) is 0 Å². The van der Waals surface area contributed by atoms with Gasteiger partial charge in [-0.05, 0) is 18.3 Å². The molecule has 0 amide bonds. The molecular formula is C20H41. The third kappa shape index (κ3) is 13.0. The van der Waals surface area contributed by atoms with E-state index >= 15 is 0 Å². The Hall–Kier alpha value is 0. The number of hydrogen-bond donors (Lipinski definition) is 0. The van der Waals surface area contributed by atoms with Crippen molar-refractivity contribution in [3.8, 4) is 0 Å². The second-order valence-corrected chi connectivity index (χ2v) is 6.77. The van der Waals surface area contributed by atoms with Crippen LogP contribution in [-0.2, 0) is 0 Å². The Morgan fingerprint density at radius 2 is 1.15 bits per heavy atom. The Bertz CT molecular complexity index is 173. The van der Waals surface area contributed by atoms with Gasteiger partial charge in [0.2, 0.25) is 0 Å². The molecule has 0 saturated heterocycles. The quantitative estimate of drug-likeness (QED) is 0.271. The number of hydrogen-bond acceptors (Lipinski definition) is 0. The van der Waals surface area contributed by atoms with E-state index in [9.17, 15) is 0 Å². The van der Waals surface area contributed by atoms with Gasteiger partial charge in [0.05, 0.1) is 0 Å². The van der Waals surface area contributed by atoms with Crippen molar-refractivity contribution < 1.29 is 0 Å². The Labute approximate surface area is 130 Å². The highest BCUT2D eigenvalue weighted by Crippen LogP contribution is 2.25. The van der Waals surface area contributed by atoms with Crippen molar-refractivity contribution in [3.63, 3.8) is 0 Å². The standard InChI is InChI=1S/C20H41/c1-5-8-10-12-14-17-20(15-7-3)18-19(4)16-13-11-9-6-2/h18-20H,5-17H2,1-4H3. The minimum atomic E-state index is 0.832. The molecule has 0 saturated carbocycles. The Kier molecular flexibility index (Phi) is 15.4. The first kappa shape index (κ1) is 20.0. The molecule has 2 atom stereocenters. The van der Waals surface area contributed by atoms with Gasteiger partial charge in [-0.2, -0.15) is 0 Å². The molecule has 0 rings (SSSR count). The van der Waals surface area contributed by atoms with Gasteiger partial charge >= 0.3 is 0 Å². The van der Waals surface area contributed by atoms with Crippen LogP contribution in [0.4, 0.5) is 0 Å². The lowest BCUT2D eigenvalue weighted by molar-refractivity contribution is 0.409. The number of rotatable bonds is 15. The van der Waals surface area contributed by atoms with E-state index < -0.39 is 0 Å². The molecule has 2 unspecified atom stereocenters. The topological polar surface area (TPSA) is 0 Å². The molecule has 0 heterocycles. The van der Waals surface area contributed by atoms with E-state index in [1.54, 1.807) is 0 Å². The zero-order chi connectivity index (χ0) is 15.1. The van der Waals surface area contributed by atoms with E-state index in [4.69, 9.17) is 0 Å². The van der Waals surface area contributed by atoms with Crippen LogP contribution < -0.4 is 0 Å². The first-order chi connectivity index (χ1) is 9.74. The van der Waals surface area contributed by atoms with Gasteiger partial charge in [-0.1, -0.05) is 111 Å². The normalized spacial score (nSPS) is 14.4. The molecule has 1 radical (unpaired) electrons. The third-order valence-electron chi connectivity index (χ3n) is 4.45. The van der Waals surface area contributed by atoms with Gasteiger partial charge in [0, 0.05) is 0 Å². The Balaban J connectivity index is 3.70. The summed E-state index contributed by atoms with van der Waals surface area (Å²) in [6.45, 7) is 9.37. The number of unbranched alkanes of at least 4 members (excludes halogenated alkanes) is 7. The Morgan fingerprint density at radius 1 is 0.600 bits per heavy atom. The summed E-state index contributed by atoms with van der Waals surface area (Å²) in [6, 6.07) is 0. The second-order valence-electron chi connectivity index (χ2n) is 6.77. The summed E-state index contributed by atoms with van der Waals surface area (Å²) in [7, 11) is 0. The maximum absolute atomic E-state index is 2.69. The fraction of sp³-hybridized carbons (Fsp3) is 0.950. The summed E-state index contributed by atoms with van der Waals surface area (Å²) in [6.07, 6.45) is 21.1. The maximum atomic E-state index is 2.69. The minimum Gasteiger partial charge on any atom is -0.0654 e. The van der Waals surface area contributed by atoms with E-state index in [1.165, 1.54) is 83.5 Å². The van der Waals surface area contributed by atoms with E-state index in [2.05, 4.69) is 34.1 Å². The van der Waals surface area contributed by atoms with Crippen molar-refractivity contribution >= 4 is 0 Å². The molecule has 0 spiro atoms. The Morgan fingerprint density at radius 3 is 1.75 bits per heavy atom. The average Bonchev–Trinajstić information content (AvgIpc) is 2.43. The summed E-state index contributed by atoms with van der Waals surface area (Å²) in [5.41, 5.74) is 0. The summed E-state index contributed by atoms with van der Waals surface area (Å²) < 4.78 is 0. The molecule has 0 aromatic heterocycles. The predicted octanol–water partition coefficient (Wildman–Crippen LogP) is 7.57. The van der Waals surface area contributed by atoms with E-state index in [0.717, 1.165) is 11.8 Å². The summed E-state index contributed by atoms with van der Waals surface area (Å²) in [4.78, 5) is 0. The SMILES string of the molecule is CCCCCCCC([CH]C(C)CCCCCC)CCC. The summed E-state index contributed by atoms with van der Waals surface area (Å²) >= 11 is 0. The van der Waals surface area contributed by atoms with Crippen LogP contribution in [0, 0.1) is 18.3 Å². The third-order valence-corrected chi connectivity index (χ3v) is 4.45. The smallest absolute Gasteiger partial charge is 0.0326 e. The largest absolute Gasteiger partial charge is 0.0654 e. The monoisotopic (exact) mass is 281 g/mol. The maximum Gasteiger partial charge on any atom is -0.0326 e. The van der Waals surface area contributed by atoms with Crippen molar-refractivity contribution in [2.24, 2.45) is 11.8 Å². The lowest BCUT2D eigenvalue weighted by Gasteiger charge is -2.20. The highest BCUT2D eigenvalue weighted by atomic mass is 14.2. The van der Waals surface area contributed by atoms with Gasteiger partial charge in [0.25, 0.3) is 0 Å². The van der Waals surface area contributed by atoms with Crippen molar-refractivity contribution in [2.75, 3.05) is 0 Å². The average molecular weight is 282 g/mol. The summed E-state index contributed by atoms with van der Waals surface area (Å²) in [5.74, 6) is 1.72. The summed E-state index contributed by atoms with van der Waals surface area (Å²) in [5, 5.41) is 0. The first-order valence-corrected chi connectivity index (χ1v) is 9.59. The van der Waals surface area contributed by atoms with E-state index in [0.29, 0.717) is 0 Å². The fourth-order valence-corrected chi connectivity index (χ4v) is 3.17. The molecule has 0 nitrogen and oxygen atoms in total. The van der Waals surface area contributed by atoms with Crippen LogP contribution in [0.2, 0.25) is 0 Å². The predicted molar refractivity (Wildman–Crippen MR) is 94.0 cm³/mol. The van der Waals surface area contributed by atoms with Crippen LogP contribution in [0.3, 0.4) is 0 Å². The molecule has 0 heteroatoms. The molecule has 121 valence electrons. The van der Waals surface area contributed by atoms with Crippen LogP contribution in [0.25, 0.3) is 0 Å². The molecule has 0 aliphatic heterocycles. The molecule has 0 bridgehead atoms. The van der Waals surface area contributed by atoms with Crippen LogP contribution in [0.1, 0.15) is 111 Å². The van der Waals surface area contributed by atoms with Gasteiger partial charge in [-0.3, -0.25) is 0 Å². The zero-order valence-corrected chi connectivity index (χ0v) is 14.9. The zero-order valence-electron chi connectivity index (χ0n) is 14.9.